The zero-order valence-corrected chi connectivity index (χ0v) is 17.5. The van der Waals surface area contributed by atoms with Crippen LogP contribution in [0.1, 0.15) is 54.1 Å². The summed E-state index contributed by atoms with van der Waals surface area (Å²) in [7, 11) is 0. The van der Waals surface area contributed by atoms with Crippen LogP contribution in [-0.2, 0) is 41.1 Å². The second-order valence-corrected chi connectivity index (χ2v) is 9.18. The van der Waals surface area contributed by atoms with E-state index in [9.17, 15) is 4.79 Å². The van der Waals surface area contributed by atoms with Crippen molar-refractivity contribution in [2.24, 2.45) is 5.73 Å². The molecule has 2 aromatic rings. The molecule has 0 bridgehead atoms. The minimum atomic E-state index is -0.321. The minimum absolute atomic E-state index is 0.119. The van der Waals surface area contributed by atoms with Crippen LogP contribution in [0.5, 0.6) is 0 Å². The maximum Gasteiger partial charge on any atom is 0.219 e. The van der Waals surface area contributed by atoms with E-state index in [1.807, 2.05) is 17.5 Å². The van der Waals surface area contributed by atoms with Gasteiger partial charge < -0.3 is 10.5 Å². The van der Waals surface area contributed by atoms with Crippen LogP contribution in [0.15, 0.2) is 12.3 Å². The van der Waals surface area contributed by atoms with Crippen molar-refractivity contribution in [3.8, 4) is 0 Å². The first-order valence-corrected chi connectivity index (χ1v) is 11.0. The van der Waals surface area contributed by atoms with Crippen LogP contribution < -0.4 is 5.73 Å². The molecule has 152 valence electrons. The van der Waals surface area contributed by atoms with Gasteiger partial charge in [0.25, 0.3) is 0 Å². The van der Waals surface area contributed by atoms with Gasteiger partial charge in [0.05, 0.1) is 24.4 Å². The monoisotopic (exact) mass is 403 g/mol. The topological polar surface area (TPSA) is 86.3 Å². The molecule has 2 aliphatic rings. The van der Waals surface area contributed by atoms with Gasteiger partial charge in [-0.25, -0.2) is 0 Å². The predicted octanol–water partition coefficient (Wildman–Crippen LogP) is 2.23. The summed E-state index contributed by atoms with van der Waals surface area (Å²) in [6.07, 6.45) is 6.37. The van der Waals surface area contributed by atoms with Gasteiger partial charge in [-0.3, -0.25) is 14.4 Å². The van der Waals surface area contributed by atoms with E-state index in [4.69, 9.17) is 10.5 Å². The summed E-state index contributed by atoms with van der Waals surface area (Å²) in [5, 5.41) is 8.38. The van der Waals surface area contributed by atoms with Crippen molar-refractivity contribution in [1.29, 1.82) is 0 Å². The minimum Gasteiger partial charge on any atom is -0.370 e. The Balaban J connectivity index is 1.42. The third-order valence-electron chi connectivity index (χ3n) is 6.00. The van der Waals surface area contributed by atoms with Gasteiger partial charge in [-0.1, -0.05) is 12.1 Å². The molecule has 2 N–H and O–H groups in total. The zero-order chi connectivity index (χ0) is 19.7. The lowest BCUT2D eigenvalue weighted by atomic mass is 9.79. The van der Waals surface area contributed by atoms with Crippen LogP contribution in [-0.4, -0.2) is 45.0 Å². The number of fused-ring (bicyclic) bond motifs is 2. The summed E-state index contributed by atoms with van der Waals surface area (Å²) in [5.41, 5.74) is 7.47. The zero-order valence-electron chi connectivity index (χ0n) is 16.7. The Hall–Kier alpha value is -1.77. The fourth-order valence-corrected chi connectivity index (χ4v) is 5.64. The highest BCUT2D eigenvalue weighted by molar-refractivity contribution is 7.12. The summed E-state index contributed by atoms with van der Waals surface area (Å²) in [5.74, 6) is -0.321. The second-order valence-electron chi connectivity index (χ2n) is 7.96. The molecule has 4 rings (SSSR count). The van der Waals surface area contributed by atoms with Crippen molar-refractivity contribution in [3.63, 3.8) is 0 Å². The standard InChI is InChI=1S/C20H29N5O2S/c1-3-16-10-17-18(28-16)5-9-27-20(17)6-8-24(14(2)11-20)12-15-13-25(23-22-15)7-4-19(21)26/h10,13-14H,3-9,11-12H2,1-2H3,(H2,21,26)/t14-,20+/m0/s1. The van der Waals surface area contributed by atoms with Gasteiger partial charge in [-0.05, 0) is 37.8 Å². The molecule has 0 saturated carbocycles. The molecule has 1 saturated heterocycles. The van der Waals surface area contributed by atoms with Gasteiger partial charge in [0.15, 0.2) is 0 Å². The van der Waals surface area contributed by atoms with Crippen LogP contribution >= 0.6 is 11.3 Å². The molecule has 28 heavy (non-hydrogen) atoms. The molecule has 2 aromatic heterocycles. The van der Waals surface area contributed by atoms with E-state index in [-0.39, 0.29) is 17.9 Å². The Morgan fingerprint density at radius 2 is 2.36 bits per heavy atom. The number of aryl methyl sites for hydroxylation is 2. The van der Waals surface area contributed by atoms with Gasteiger partial charge in [-0.2, -0.15) is 0 Å². The van der Waals surface area contributed by atoms with Crippen LogP contribution in [0, 0.1) is 0 Å². The summed E-state index contributed by atoms with van der Waals surface area (Å²) < 4.78 is 8.12. The first kappa shape index (κ1) is 19.5. The number of hydrogen-bond acceptors (Lipinski definition) is 6. The highest BCUT2D eigenvalue weighted by atomic mass is 32.1. The Morgan fingerprint density at radius 1 is 1.50 bits per heavy atom. The number of rotatable bonds is 6. The summed E-state index contributed by atoms with van der Waals surface area (Å²) >= 11 is 1.97. The number of nitrogens with zero attached hydrogens (tertiary/aromatic N) is 4. The van der Waals surface area contributed by atoms with Gasteiger partial charge in [0.2, 0.25) is 5.91 Å². The fourth-order valence-electron chi connectivity index (χ4n) is 4.46. The van der Waals surface area contributed by atoms with Gasteiger partial charge in [-0.15, -0.1) is 16.4 Å². The molecule has 0 aliphatic carbocycles. The summed E-state index contributed by atoms with van der Waals surface area (Å²) in [4.78, 5) is 16.4. The Kier molecular flexibility index (Phi) is 5.53. The molecule has 1 spiro atoms. The van der Waals surface area contributed by atoms with Crippen LogP contribution in [0.3, 0.4) is 0 Å². The second kappa shape index (κ2) is 7.93. The number of hydrogen-bond donors (Lipinski definition) is 1. The van der Waals surface area contributed by atoms with E-state index >= 15 is 0 Å². The number of aromatic nitrogens is 3. The normalized spacial score (nSPS) is 25.1. The summed E-state index contributed by atoms with van der Waals surface area (Å²) in [6.45, 7) is 7.57. The number of carbonyl (C=O) groups excluding carboxylic acids is 1. The van der Waals surface area contributed by atoms with Gasteiger partial charge in [0, 0.05) is 47.9 Å². The third kappa shape index (κ3) is 3.86. The van der Waals surface area contributed by atoms with E-state index in [2.05, 4.69) is 35.1 Å². The molecule has 1 amide bonds. The van der Waals surface area contributed by atoms with Crippen molar-refractivity contribution < 1.29 is 9.53 Å². The molecule has 1 fully saturated rings. The smallest absolute Gasteiger partial charge is 0.219 e. The fraction of sp³-hybridized carbons (Fsp3) is 0.650. The Bertz CT molecular complexity index is 848. The van der Waals surface area contributed by atoms with Crippen LogP contribution in [0.2, 0.25) is 0 Å². The average molecular weight is 404 g/mol. The number of carbonyl (C=O) groups is 1. The van der Waals surface area contributed by atoms with Crippen LogP contribution in [0.4, 0.5) is 0 Å². The Morgan fingerprint density at radius 3 is 3.11 bits per heavy atom. The largest absolute Gasteiger partial charge is 0.370 e. The third-order valence-corrected chi connectivity index (χ3v) is 7.34. The molecule has 2 atom stereocenters. The number of ether oxygens (including phenoxy) is 1. The number of piperidine rings is 1. The quantitative estimate of drug-likeness (QED) is 0.799. The summed E-state index contributed by atoms with van der Waals surface area (Å²) in [6, 6.07) is 2.80. The van der Waals surface area contributed by atoms with Crippen molar-refractivity contribution in [2.75, 3.05) is 13.2 Å². The molecule has 4 heterocycles. The number of thiophene rings is 1. The number of primary amides is 1. The molecule has 7 nitrogen and oxygen atoms in total. The highest BCUT2D eigenvalue weighted by Gasteiger charge is 2.44. The molecular formula is C20H29N5O2S. The van der Waals surface area contributed by atoms with E-state index in [0.717, 1.165) is 51.1 Å². The SMILES string of the molecule is CCc1cc2c(s1)CCO[C@@]21CCN(Cc2cn(CCC(N)=O)nn2)[C@@H](C)C1. The molecule has 8 heteroatoms. The lowest BCUT2D eigenvalue weighted by Gasteiger charge is -2.47. The van der Waals surface area contributed by atoms with Gasteiger partial charge >= 0.3 is 0 Å². The molecule has 2 aliphatic heterocycles. The van der Waals surface area contributed by atoms with Crippen molar-refractivity contribution in [3.05, 3.63) is 33.3 Å². The maximum atomic E-state index is 10.9. The number of amides is 1. The first-order chi connectivity index (χ1) is 13.5. The highest BCUT2D eigenvalue weighted by Crippen LogP contribution is 2.46. The van der Waals surface area contributed by atoms with Crippen molar-refractivity contribution in [2.45, 2.75) is 70.7 Å². The van der Waals surface area contributed by atoms with Gasteiger partial charge in [0.1, 0.15) is 0 Å². The molecular weight excluding hydrogens is 374 g/mol. The average Bonchev–Trinajstić information content (AvgIpc) is 3.30. The lowest BCUT2D eigenvalue weighted by Crippen LogP contribution is -2.50. The Labute approximate surface area is 169 Å². The number of likely N-dealkylation sites (tertiary alicyclic amines) is 1. The molecule has 0 aromatic carbocycles. The van der Waals surface area contributed by atoms with Crippen molar-refractivity contribution >= 4 is 17.2 Å². The van der Waals surface area contributed by atoms with E-state index in [1.165, 1.54) is 15.3 Å². The molecule has 0 unspecified atom stereocenters. The maximum absolute atomic E-state index is 10.9. The molecule has 0 radical (unpaired) electrons. The number of nitrogens with two attached hydrogens (primary N) is 1. The van der Waals surface area contributed by atoms with E-state index in [0.29, 0.717) is 12.6 Å². The van der Waals surface area contributed by atoms with Crippen molar-refractivity contribution in [1.82, 2.24) is 19.9 Å². The van der Waals surface area contributed by atoms with E-state index < -0.39 is 0 Å². The van der Waals surface area contributed by atoms with E-state index in [1.54, 1.807) is 4.68 Å². The lowest BCUT2D eigenvalue weighted by molar-refractivity contribution is -0.118. The van der Waals surface area contributed by atoms with Crippen LogP contribution in [0.25, 0.3) is 0 Å². The first-order valence-electron chi connectivity index (χ1n) is 10.2. The predicted molar refractivity (Wildman–Crippen MR) is 108 cm³/mol.